The summed E-state index contributed by atoms with van der Waals surface area (Å²) < 4.78 is 0. The summed E-state index contributed by atoms with van der Waals surface area (Å²) in [7, 11) is 0. The molecule has 0 saturated heterocycles. The summed E-state index contributed by atoms with van der Waals surface area (Å²) in [4.78, 5) is 0. The van der Waals surface area contributed by atoms with E-state index >= 15 is 0 Å². The lowest BCUT2D eigenvalue weighted by Gasteiger charge is -2.34. The molecule has 1 unspecified atom stereocenters. The average Bonchev–Trinajstić information content (AvgIpc) is 2.11. The fourth-order valence-corrected chi connectivity index (χ4v) is 2.29. The number of rotatable bonds is 8. The summed E-state index contributed by atoms with van der Waals surface area (Å²) in [5.41, 5.74) is 0. The van der Waals surface area contributed by atoms with Gasteiger partial charge in [0.1, 0.15) is 0 Å². The highest BCUT2D eigenvalue weighted by atomic mass is 14.9. The van der Waals surface area contributed by atoms with E-state index in [2.05, 4.69) is 19.2 Å². The third kappa shape index (κ3) is 4.00. The van der Waals surface area contributed by atoms with Gasteiger partial charge in [-0.2, -0.15) is 0 Å². The molecule has 0 aliphatic heterocycles. The van der Waals surface area contributed by atoms with Gasteiger partial charge in [0.25, 0.3) is 0 Å². The van der Waals surface area contributed by atoms with Gasteiger partial charge in [-0.05, 0) is 38.1 Å². The van der Waals surface area contributed by atoms with Crippen molar-refractivity contribution >= 4 is 0 Å². The van der Waals surface area contributed by atoms with Crippen LogP contribution < -0.4 is 5.32 Å². The third-order valence-corrected chi connectivity index (χ3v) is 3.49. The molecule has 0 aromatic heterocycles. The number of hydrogen-bond acceptors (Lipinski definition) is 1. The zero-order chi connectivity index (χ0) is 10.2. The first-order chi connectivity index (χ1) is 6.88. The molecule has 0 amide bonds. The van der Waals surface area contributed by atoms with E-state index in [0.717, 1.165) is 12.0 Å². The average molecular weight is 197 g/mol. The molecular formula is C13H27N. The Morgan fingerprint density at radius 2 is 1.93 bits per heavy atom. The van der Waals surface area contributed by atoms with Gasteiger partial charge in [-0.15, -0.1) is 0 Å². The molecule has 1 nitrogen and oxygen atoms in total. The highest BCUT2D eigenvalue weighted by Crippen LogP contribution is 2.31. The molecule has 1 aliphatic carbocycles. The molecule has 1 atom stereocenters. The summed E-state index contributed by atoms with van der Waals surface area (Å²) in [6, 6.07) is 0.843. The van der Waals surface area contributed by atoms with Crippen molar-refractivity contribution < 1.29 is 0 Å². The largest absolute Gasteiger partial charge is 0.314 e. The maximum absolute atomic E-state index is 3.73. The lowest BCUT2D eigenvalue weighted by atomic mass is 9.78. The summed E-state index contributed by atoms with van der Waals surface area (Å²) in [5, 5.41) is 3.73. The van der Waals surface area contributed by atoms with Gasteiger partial charge in [-0.1, -0.05) is 39.5 Å². The summed E-state index contributed by atoms with van der Waals surface area (Å²) in [6.45, 7) is 5.77. The lowest BCUT2D eigenvalue weighted by Crippen LogP contribution is -2.39. The Labute approximate surface area is 89.7 Å². The first-order valence-electron chi connectivity index (χ1n) is 6.61. The van der Waals surface area contributed by atoms with Crippen LogP contribution in [0.15, 0.2) is 0 Å². The molecule has 0 aromatic rings. The minimum Gasteiger partial charge on any atom is -0.314 e. The number of nitrogens with one attached hydrogen (secondary N) is 1. The van der Waals surface area contributed by atoms with Crippen LogP contribution in [0.3, 0.4) is 0 Å². The van der Waals surface area contributed by atoms with Crippen LogP contribution in [0.25, 0.3) is 0 Å². The smallest absolute Gasteiger partial charge is 0.00953 e. The zero-order valence-corrected chi connectivity index (χ0v) is 10.0. The Morgan fingerprint density at radius 3 is 2.43 bits per heavy atom. The van der Waals surface area contributed by atoms with Gasteiger partial charge in [0.05, 0.1) is 0 Å². The van der Waals surface area contributed by atoms with Crippen molar-refractivity contribution in [1.82, 2.24) is 5.32 Å². The van der Waals surface area contributed by atoms with Crippen LogP contribution in [0.4, 0.5) is 0 Å². The molecule has 0 bridgehead atoms. The van der Waals surface area contributed by atoms with Crippen molar-refractivity contribution in [3.05, 3.63) is 0 Å². The second kappa shape index (κ2) is 7.28. The number of hydrogen-bond donors (Lipinski definition) is 1. The van der Waals surface area contributed by atoms with Crippen LogP contribution in [-0.4, -0.2) is 12.6 Å². The molecule has 14 heavy (non-hydrogen) atoms. The predicted molar refractivity (Wildman–Crippen MR) is 63.6 cm³/mol. The van der Waals surface area contributed by atoms with Gasteiger partial charge >= 0.3 is 0 Å². The SMILES string of the molecule is CCCCCC(NCCC)C1CCC1. The topological polar surface area (TPSA) is 12.0 Å². The maximum Gasteiger partial charge on any atom is 0.00953 e. The predicted octanol–water partition coefficient (Wildman–Crippen LogP) is 3.74. The molecule has 0 spiro atoms. The number of unbranched alkanes of at least 4 members (excludes halogenated alkanes) is 2. The van der Waals surface area contributed by atoms with Gasteiger partial charge in [0.15, 0.2) is 0 Å². The van der Waals surface area contributed by atoms with Crippen molar-refractivity contribution in [3.8, 4) is 0 Å². The maximum atomic E-state index is 3.73. The molecule has 0 radical (unpaired) electrons. The van der Waals surface area contributed by atoms with E-state index in [4.69, 9.17) is 0 Å². The molecule has 1 saturated carbocycles. The van der Waals surface area contributed by atoms with Crippen LogP contribution in [-0.2, 0) is 0 Å². The van der Waals surface area contributed by atoms with Crippen LogP contribution >= 0.6 is 0 Å². The van der Waals surface area contributed by atoms with Crippen LogP contribution in [0.5, 0.6) is 0 Å². The summed E-state index contributed by atoms with van der Waals surface area (Å²) in [6.07, 6.45) is 11.3. The minimum atomic E-state index is 0.843. The summed E-state index contributed by atoms with van der Waals surface area (Å²) in [5.74, 6) is 1.01. The molecule has 1 rings (SSSR count). The van der Waals surface area contributed by atoms with E-state index in [9.17, 15) is 0 Å². The van der Waals surface area contributed by atoms with Crippen LogP contribution in [0.1, 0.15) is 65.2 Å². The molecule has 1 heteroatoms. The molecule has 1 aliphatic rings. The fraction of sp³-hybridized carbons (Fsp3) is 1.00. The Hall–Kier alpha value is -0.0400. The normalized spacial score (nSPS) is 19.3. The van der Waals surface area contributed by atoms with Gasteiger partial charge < -0.3 is 5.32 Å². The monoisotopic (exact) mass is 197 g/mol. The Bertz CT molecular complexity index is 129. The third-order valence-electron chi connectivity index (χ3n) is 3.49. The Morgan fingerprint density at radius 1 is 1.14 bits per heavy atom. The zero-order valence-electron chi connectivity index (χ0n) is 10.0. The van der Waals surface area contributed by atoms with Crippen LogP contribution in [0, 0.1) is 5.92 Å². The van der Waals surface area contributed by atoms with Crippen molar-refractivity contribution in [3.63, 3.8) is 0 Å². The van der Waals surface area contributed by atoms with Gasteiger partial charge in [-0.25, -0.2) is 0 Å². The van der Waals surface area contributed by atoms with E-state index in [0.29, 0.717) is 0 Å². The van der Waals surface area contributed by atoms with Crippen molar-refractivity contribution in [2.45, 2.75) is 71.3 Å². The first kappa shape index (κ1) is 12.0. The summed E-state index contributed by atoms with van der Waals surface area (Å²) >= 11 is 0. The Balaban J connectivity index is 2.14. The van der Waals surface area contributed by atoms with Crippen LogP contribution in [0.2, 0.25) is 0 Å². The molecule has 0 heterocycles. The van der Waals surface area contributed by atoms with E-state index in [1.165, 1.54) is 57.9 Å². The van der Waals surface area contributed by atoms with E-state index in [1.807, 2.05) is 0 Å². The lowest BCUT2D eigenvalue weighted by molar-refractivity contribution is 0.216. The Kier molecular flexibility index (Phi) is 6.25. The van der Waals surface area contributed by atoms with E-state index in [-0.39, 0.29) is 0 Å². The first-order valence-corrected chi connectivity index (χ1v) is 6.61. The molecule has 1 N–H and O–H groups in total. The van der Waals surface area contributed by atoms with E-state index in [1.54, 1.807) is 0 Å². The molecule has 84 valence electrons. The van der Waals surface area contributed by atoms with Crippen molar-refractivity contribution in [2.24, 2.45) is 5.92 Å². The van der Waals surface area contributed by atoms with Crippen molar-refractivity contribution in [1.29, 1.82) is 0 Å². The highest BCUT2D eigenvalue weighted by molar-refractivity contribution is 4.82. The van der Waals surface area contributed by atoms with Gasteiger partial charge in [-0.3, -0.25) is 0 Å². The molecular weight excluding hydrogens is 170 g/mol. The highest BCUT2D eigenvalue weighted by Gasteiger charge is 2.25. The molecule has 1 fully saturated rings. The quantitative estimate of drug-likeness (QED) is 0.585. The minimum absolute atomic E-state index is 0.843. The van der Waals surface area contributed by atoms with Crippen molar-refractivity contribution in [2.75, 3.05) is 6.54 Å². The molecule has 0 aromatic carbocycles. The fourth-order valence-electron chi connectivity index (χ4n) is 2.29. The second-order valence-electron chi connectivity index (χ2n) is 4.75. The van der Waals surface area contributed by atoms with Gasteiger partial charge in [0, 0.05) is 6.04 Å². The van der Waals surface area contributed by atoms with Gasteiger partial charge in [0.2, 0.25) is 0 Å². The standard InChI is InChI=1S/C13H27N/c1-3-5-6-10-13(14-11-4-2)12-8-7-9-12/h12-14H,3-11H2,1-2H3. The van der Waals surface area contributed by atoms with E-state index < -0.39 is 0 Å². The second-order valence-corrected chi connectivity index (χ2v) is 4.75.